The van der Waals surface area contributed by atoms with Crippen molar-refractivity contribution in [3.05, 3.63) is 92.5 Å². The van der Waals surface area contributed by atoms with E-state index in [4.69, 9.17) is 16.9 Å². The van der Waals surface area contributed by atoms with Gasteiger partial charge in [-0.1, -0.05) is 47.2 Å². The largest absolute Gasteiger partial charge is 0.308 e. The fraction of sp³-hybridized carbons (Fsp3) is 0.0909. The van der Waals surface area contributed by atoms with E-state index in [1.807, 2.05) is 18.2 Å². The van der Waals surface area contributed by atoms with Crippen molar-refractivity contribution in [1.29, 1.82) is 5.26 Å². The predicted molar refractivity (Wildman–Crippen MR) is 123 cm³/mol. The van der Waals surface area contributed by atoms with Crippen LogP contribution in [0, 0.1) is 11.3 Å². The highest BCUT2D eigenvalue weighted by molar-refractivity contribution is 7.92. The Hall–Kier alpha value is -3.12. The van der Waals surface area contributed by atoms with Gasteiger partial charge in [-0.3, -0.25) is 14.1 Å². The molecule has 156 valence electrons. The number of sulfonamides is 1. The summed E-state index contributed by atoms with van der Waals surface area (Å²) in [5.41, 5.74) is 2.79. The first-order valence-corrected chi connectivity index (χ1v) is 11.9. The molecule has 0 radical (unpaired) electrons. The van der Waals surface area contributed by atoms with Crippen molar-refractivity contribution in [2.24, 2.45) is 0 Å². The number of nitriles is 1. The molecule has 0 amide bonds. The maximum absolute atomic E-state index is 12.8. The van der Waals surface area contributed by atoms with Crippen LogP contribution in [-0.2, 0) is 23.0 Å². The number of nitrogens with one attached hydrogen (secondary N) is 1. The Morgan fingerprint density at radius 1 is 1.00 bits per heavy atom. The van der Waals surface area contributed by atoms with Crippen LogP contribution in [0.25, 0.3) is 10.2 Å². The first-order valence-electron chi connectivity index (χ1n) is 9.22. The summed E-state index contributed by atoms with van der Waals surface area (Å²) in [5, 5.41) is 9.35. The molecule has 31 heavy (non-hydrogen) atoms. The number of aromatic nitrogens is 1. The molecule has 0 bridgehead atoms. The van der Waals surface area contributed by atoms with Crippen molar-refractivity contribution >= 4 is 48.9 Å². The molecule has 3 aromatic carbocycles. The Bertz CT molecular complexity index is 1450. The highest BCUT2D eigenvalue weighted by Crippen LogP contribution is 2.24. The molecule has 0 saturated carbocycles. The number of hydrogen-bond acceptors (Lipinski definition) is 5. The van der Waals surface area contributed by atoms with E-state index in [-0.39, 0.29) is 16.2 Å². The lowest BCUT2D eigenvalue weighted by Gasteiger charge is -2.09. The summed E-state index contributed by atoms with van der Waals surface area (Å²) in [6.45, 7) is 0.370. The lowest BCUT2D eigenvalue weighted by Crippen LogP contribution is -2.14. The molecule has 0 fully saturated rings. The standard InChI is InChI=1S/C22H16ClN3O3S2/c23-17-5-1-16(2-6-17)14-26-20-10-9-19(13-21(20)30-22(26)27)31(28,29)25-18-7-3-15(4-8-18)11-12-24/h1-10,13,25H,11,14H2. The SMILES string of the molecule is N#CCc1ccc(NS(=O)(=O)c2ccc3c(c2)sc(=O)n3Cc2ccc(Cl)cc2)cc1. The summed E-state index contributed by atoms with van der Waals surface area (Å²) in [4.78, 5) is 12.4. The molecule has 0 aliphatic carbocycles. The lowest BCUT2D eigenvalue weighted by molar-refractivity contribution is 0.601. The smallest absolute Gasteiger partial charge is 0.294 e. The molecular weight excluding hydrogens is 454 g/mol. The second-order valence-corrected chi connectivity index (χ2v) is 9.96. The average molecular weight is 470 g/mol. The highest BCUT2D eigenvalue weighted by atomic mass is 35.5. The summed E-state index contributed by atoms with van der Waals surface area (Å²) >= 11 is 6.92. The Morgan fingerprint density at radius 2 is 1.68 bits per heavy atom. The van der Waals surface area contributed by atoms with Gasteiger partial charge in [0.1, 0.15) is 0 Å². The van der Waals surface area contributed by atoms with Crippen LogP contribution >= 0.6 is 22.9 Å². The molecule has 1 N–H and O–H groups in total. The maximum Gasteiger partial charge on any atom is 0.308 e. The van der Waals surface area contributed by atoms with Crippen LogP contribution in [0.1, 0.15) is 11.1 Å². The van der Waals surface area contributed by atoms with Gasteiger partial charge in [0.2, 0.25) is 0 Å². The van der Waals surface area contributed by atoms with Gasteiger partial charge in [-0.05, 0) is 53.6 Å². The molecule has 0 saturated heterocycles. The molecule has 0 atom stereocenters. The van der Waals surface area contributed by atoms with Gasteiger partial charge in [-0.25, -0.2) is 8.42 Å². The molecule has 0 aliphatic heterocycles. The van der Waals surface area contributed by atoms with E-state index in [0.717, 1.165) is 22.5 Å². The molecule has 4 rings (SSSR count). The van der Waals surface area contributed by atoms with Gasteiger partial charge in [0.05, 0.1) is 34.1 Å². The van der Waals surface area contributed by atoms with Gasteiger partial charge in [0.25, 0.3) is 10.0 Å². The zero-order valence-corrected chi connectivity index (χ0v) is 18.5. The summed E-state index contributed by atoms with van der Waals surface area (Å²) < 4.78 is 30.4. The zero-order valence-electron chi connectivity index (χ0n) is 16.1. The second kappa shape index (κ2) is 8.55. The molecule has 4 aromatic rings. The Morgan fingerprint density at radius 3 is 2.35 bits per heavy atom. The van der Waals surface area contributed by atoms with Crippen LogP contribution in [0.2, 0.25) is 5.02 Å². The van der Waals surface area contributed by atoms with Crippen LogP contribution in [0.5, 0.6) is 0 Å². The Labute approximate surface area is 188 Å². The van der Waals surface area contributed by atoms with Gasteiger partial charge >= 0.3 is 4.87 Å². The second-order valence-electron chi connectivity index (χ2n) is 6.85. The highest BCUT2D eigenvalue weighted by Gasteiger charge is 2.17. The van der Waals surface area contributed by atoms with Crippen molar-refractivity contribution in [3.63, 3.8) is 0 Å². The molecule has 0 spiro atoms. The normalized spacial score (nSPS) is 11.4. The van der Waals surface area contributed by atoms with Gasteiger partial charge in [-0.15, -0.1) is 0 Å². The predicted octanol–water partition coefficient (Wildman–Crippen LogP) is 4.63. The van der Waals surface area contributed by atoms with Crippen molar-refractivity contribution < 1.29 is 8.42 Å². The van der Waals surface area contributed by atoms with Crippen molar-refractivity contribution in [1.82, 2.24) is 4.57 Å². The zero-order chi connectivity index (χ0) is 22.0. The summed E-state index contributed by atoms with van der Waals surface area (Å²) in [6, 6.07) is 20.5. The Balaban J connectivity index is 1.62. The van der Waals surface area contributed by atoms with E-state index in [0.29, 0.717) is 27.5 Å². The van der Waals surface area contributed by atoms with Crippen LogP contribution < -0.4 is 9.60 Å². The molecule has 1 aromatic heterocycles. The average Bonchev–Trinajstić information content (AvgIpc) is 3.05. The van der Waals surface area contributed by atoms with Gasteiger partial charge in [-0.2, -0.15) is 5.26 Å². The van der Waals surface area contributed by atoms with E-state index < -0.39 is 10.0 Å². The fourth-order valence-corrected chi connectivity index (χ4v) is 5.35. The molecular formula is C22H16ClN3O3S2. The minimum Gasteiger partial charge on any atom is -0.294 e. The summed E-state index contributed by atoms with van der Waals surface area (Å²) in [7, 11) is -3.83. The number of nitrogens with zero attached hydrogens (tertiary/aromatic N) is 2. The minimum absolute atomic E-state index is 0.0704. The monoisotopic (exact) mass is 469 g/mol. The van der Waals surface area contributed by atoms with Crippen LogP contribution in [-0.4, -0.2) is 13.0 Å². The third-order valence-electron chi connectivity index (χ3n) is 4.69. The lowest BCUT2D eigenvalue weighted by atomic mass is 10.1. The molecule has 6 nitrogen and oxygen atoms in total. The van der Waals surface area contributed by atoms with Crippen molar-refractivity contribution in [2.75, 3.05) is 4.72 Å². The number of halogens is 1. The number of hydrogen-bond donors (Lipinski definition) is 1. The number of benzene rings is 3. The van der Waals surface area contributed by atoms with Gasteiger partial charge < -0.3 is 0 Å². The minimum atomic E-state index is -3.83. The maximum atomic E-state index is 12.8. The van der Waals surface area contributed by atoms with Crippen LogP contribution in [0.15, 0.2) is 76.4 Å². The number of rotatable bonds is 6. The van der Waals surface area contributed by atoms with Gasteiger partial charge in [0, 0.05) is 10.7 Å². The third-order valence-corrected chi connectivity index (χ3v) is 7.27. The van der Waals surface area contributed by atoms with E-state index in [9.17, 15) is 13.2 Å². The topological polar surface area (TPSA) is 92.0 Å². The van der Waals surface area contributed by atoms with E-state index >= 15 is 0 Å². The molecule has 0 aliphatic rings. The van der Waals surface area contributed by atoms with Gasteiger partial charge in [0.15, 0.2) is 0 Å². The number of thiazole rings is 1. The Kier molecular flexibility index (Phi) is 5.83. The van der Waals surface area contributed by atoms with Crippen LogP contribution in [0.4, 0.5) is 5.69 Å². The summed E-state index contributed by atoms with van der Waals surface area (Å²) in [6.07, 6.45) is 0.260. The van der Waals surface area contributed by atoms with E-state index in [2.05, 4.69) is 4.72 Å². The molecule has 1 heterocycles. The first-order chi connectivity index (χ1) is 14.9. The third kappa shape index (κ3) is 4.64. The van der Waals surface area contributed by atoms with E-state index in [1.54, 1.807) is 47.0 Å². The molecule has 0 unspecified atom stereocenters. The van der Waals surface area contributed by atoms with Crippen molar-refractivity contribution in [3.8, 4) is 6.07 Å². The summed E-state index contributed by atoms with van der Waals surface area (Å²) in [5.74, 6) is 0. The van der Waals surface area contributed by atoms with Crippen molar-refractivity contribution in [2.45, 2.75) is 17.9 Å². The number of anilines is 1. The first kappa shape index (κ1) is 21.1. The molecule has 9 heteroatoms. The number of fused-ring (bicyclic) bond motifs is 1. The van der Waals surface area contributed by atoms with E-state index in [1.165, 1.54) is 12.1 Å². The van der Waals surface area contributed by atoms with Crippen LogP contribution in [0.3, 0.4) is 0 Å². The quantitative estimate of drug-likeness (QED) is 0.445. The fourth-order valence-electron chi connectivity index (χ4n) is 3.13.